The number of hydrogen-bond donors (Lipinski definition) is 2. The molecule has 0 saturated heterocycles. The topological polar surface area (TPSA) is 55.9 Å². The summed E-state index contributed by atoms with van der Waals surface area (Å²) in [5, 5.41) is 8.34. The Morgan fingerprint density at radius 3 is 2.79 bits per heavy atom. The molecule has 1 heterocycles. The summed E-state index contributed by atoms with van der Waals surface area (Å²) in [6.45, 7) is 2.48. The molecule has 0 saturated carbocycles. The van der Waals surface area contributed by atoms with Crippen LogP contribution in [0.1, 0.15) is 16.8 Å². The Labute approximate surface area is 122 Å². The average Bonchev–Trinajstić information content (AvgIpc) is 2.63. The van der Waals surface area contributed by atoms with Crippen molar-refractivity contribution in [3.63, 3.8) is 0 Å². The van der Waals surface area contributed by atoms with Gasteiger partial charge in [-0.25, -0.2) is 0 Å². The second kappa shape index (κ2) is 5.59. The van der Waals surface area contributed by atoms with Gasteiger partial charge in [0, 0.05) is 18.6 Å². The van der Waals surface area contributed by atoms with Crippen LogP contribution in [-0.2, 0) is 13.6 Å². The largest absolute Gasteiger partial charge is 0.389 e. The van der Waals surface area contributed by atoms with E-state index in [4.69, 9.17) is 29.6 Å². The van der Waals surface area contributed by atoms with Crippen LogP contribution in [0.15, 0.2) is 24.3 Å². The zero-order chi connectivity index (χ0) is 14.0. The molecule has 2 rings (SSSR count). The lowest BCUT2D eigenvalue weighted by Gasteiger charge is -2.10. The quantitative estimate of drug-likeness (QED) is 0.851. The fourth-order valence-electron chi connectivity index (χ4n) is 1.98. The van der Waals surface area contributed by atoms with Gasteiger partial charge in [0.05, 0.1) is 11.3 Å². The molecule has 6 heteroatoms. The monoisotopic (exact) mass is 294 g/mol. The molecule has 0 spiro atoms. The number of aryl methyl sites for hydroxylation is 2. The van der Waals surface area contributed by atoms with Gasteiger partial charge in [0.1, 0.15) is 10.8 Å². The predicted molar refractivity (Wildman–Crippen MR) is 82.6 cm³/mol. The third-order valence-corrected chi connectivity index (χ3v) is 3.45. The van der Waals surface area contributed by atoms with Crippen molar-refractivity contribution in [2.75, 3.05) is 5.32 Å². The van der Waals surface area contributed by atoms with E-state index in [1.54, 1.807) is 4.68 Å². The van der Waals surface area contributed by atoms with Crippen LogP contribution in [0.2, 0.25) is 5.02 Å². The Hall–Kier alpha value is -1.59. The SMILES string of the molecule is Cc1nn(C)c(NCc2ccccc2Cl)c1C(N)=S. The summed E-state index contributed by atoms with van der Waals surface area (Å²) in [5.74, 6) is 0.810. The van der Waals surface area contributed by atoms with Gasteiger partial charge in [0.15, 0.2) is 0 Å². The van der Waals surface area contributed by atoms with Crippen molar-refractivity contribution in [2.45, 2.75) is 13.5 Å². The van der Waals surface area contributed by atoms with Gasteiger partial charge in [-0.1, -0.05) is 42.0 Å². The second-order valence-corrected chi connectivity index (χ2v) is 5.09. The van der Waals surface area contributed by atoms with E-state index in [-0.39, 0.29) is 0 Å². The normalized spacial score (nSPS) is 10.5. The van der Waals surface area contributed by atoms with E-state index < -0.39 is 0 Å². The highest BCUT2D eigenvalue weighted by atomic mass is 35.5. The Kier molecular flexibility index (Phi) is 4.07. The molecule has 0 bridgehead atoms. The third kappa shape index (κ3) is 2.88. The molecule has 0 amide bonds. The second-order valence-electron chi connectivity index (χ2n) is 4.24. The summed E-state index contributed by atoms with van der Waals surface area (Å²) in [6.07, 6.45) is 0. The number of nitrogens with two attached hydrogens (primary N) is 1. The smallest absolute Gasteiger partial charge is 0.134 e. The number of rotatable bonds is 4. The molecule has 0 atom stereocenters. The molecule has 0 aliphatic rings. The number of thiocarbonyl (C=S) groups is 1. The molecule has 0 fully saturated rings. The zero-order valence-electron chi connectivity index (χ0n) is 10.8. The van der Waals surface area contributed by atoms with Crippen molar-refractivity contribution in [3.8, 4) is 0 Å². The third-order valence-electron chi connectivity index (χ3n) is 2.87. The molecule has 0 unspecified atom stereocenters. The van der Waals surface area contributed by atoms with Crippen LogP contribution in [0.3, 0.4) is 0 Å². The minimum atomic E-state index is 0.340. The zero-order valence-corrected chi connectivity index (χ0v) is 12.3. The lowest BCUT2D eigenvalue weighted by atomic mass is 10.2. The molecule has 19 heavy (non-hydrogen) atoms. The molecule has 2 aromatic rings. The van der Waals surface area contributed by atoms with Gasteiger partial charge in [-0.2, -0.15) is 5.10 Å². The molecule has 3 N–H and O–H groups in total. The van der Waals surface area contributed by atoms with Crippen molar-refractivity contribution in [1.29, 1.82) is 0 Å². The van der Waals surface area contributed by atoms with E-state index in [0.29, 0.717) is 11.5 Å². The molecule has 1 aromatic heterocycles. The van der Waals surface area contributed by atoms with Crippen molar-refractivity contribution < 1.29 is 0 Å². The van der Waals surface area contributed by atoms with E-state index in [2.05, 4.69) is 10.4 Å². The van der Waals surface area contributed by atoms with Crippen molar-refractivity contribution >= 4 is 34.6 Å². The van der Waals surface area contributed by atoms with E-state index >= 15 is 0 Å². The summed E-state index contributed by atoms with van der Waals surface area (Å²) in [5.41, 5.74) is 8.35. The number of anilines is 1. The first-order valence-corrected chi connectivity index (χ1v) is 6.60. The number of nitrogens with zero attached hydrogens (tertiary/aromatic N) is 2. The highest BCUT2D eigenvalue weighted by molar-refractivity contribution is 7.80. The van der Waals surface area contributed by atoms with Crippen LogP contribution in [0.5, 0.6) is 0 Å². The van der Waals surface area contributed by atoms with E-state index in [1.807, 2.05) is 38.2 Å². The maximum absolute atomic E-state index is 6.12. The fraction of sp³-hybridized carbons (Fsp3) is 0.231. The average molecular weight is 295 g/mol. The van der Waals surface area contributed by atoms with Gasteiger partial charge < -0.3 is 11.1 Å². The minimum Gasteiger partial charge on any atom is -0.389 e. The van der Waals surface area contributed by atoms with E-state index in [1.165, 1.54) is 0 Å². The number of nitrogens with one attached hydrogen (secondary N) is 1. The summed E-state index contributed by atoms with van der Waals surface area (Å²) >= 11 is 11.2. The van der Waals surface area contributed by atoms with Crippen LogP contribution < -0.4 is 11.1 Å². The lowest BCUT2D eigenvalue weighted by molar-refractivity contribution is 0.758. The number of benzene rings is 1. The van der Waals surface area contributed by atoms with Crippen LogP contribution >= 0.6 is 23.8 Å². The first kappa shape index (κ1) is 13.8. The maximum Gasteiger partial charge on any atom is 0.134 e. The minimum absolute atomic E-state index is 0.340. The van der Waals surface area contributed by atoms with Crippen LogP contribution in [0, 0.1) is 6.92 Å². The van der Waals surface area contributed by atoms with Gasteiger partial charge >= 0.3 is 0 Å². The van der Waals surface area contributed by atoms with Crippen LogP contribution in [-0.4, -0.2) is 14.8 Å². The molecular weight excluding hydrogens is 280 g/mol. The van der Waals surface area contributed by atoms with E-state index in [9.17, 15) is 0 Å². The lowest BCUT2D eigenvalue weighted by Crippen LogP contribution is -2.14. The first-order chi connectivity index (χ1) is 9.00. The van der Waals surface area contributed by atoms with Crippen LogP contribution in [0.4, 0.5) is 5.82 Å². The number of hydrogen-bond acceptors (Lipinski definition) is 3. The van der Waals surface area contributed by atoms with Crippen molar-refractivity contribution in [3.05, 3.63) is 46.1 Å². The summed E-state index contributed by atoms with van der Waals surface area (Å²) in [7, 11) is 1.85. The van der Waals surface area contributed by atoms with Crippen molar-refractivity contribution in [2.24, 2.45) is 12.8 Å². The Bertz CT molecular complexity index is 621. The van der Waals surface area contributed by atoms with E-state index in [0.717, 1.165) is 27.7 Å². The summed E-state index contributed by atoms with van der Waals surface area (Å²) in [6, 6.07) is 7.69. The van der Waals surface area contributed by atoms with Gasteiger partial charge in [0.2, 0.25) is 0 Å². The van der Waals surface area contributed by atoms with Gasteiger partial charge in [0.25, 0.3) is 0 Å². The predicted octanol–water partition coefficient (Wildman–Crippen LogP) is 2.63. The number of aromatic nitrogens is 2. The molecule has 1 aromatic carbocycles. The van der Waals surface area contributed by atoms with Crippen molar-refractivity contribution in [1.82, 2.24) is 9.78 Å². The summed E-state index contributed by atoms with van der Waals surface area (Å²) in [4.78, 5) is 0.340. The Balaban J connectivity index is 2.25. The molecule has 0 radical (unpaired) electrons. The Morgan fingerprint density at radius 1 is 1.47 bits per heavy atom. The molecule has 100 valence electrons. The maximum atomic E-state index is 6.12. The Morgan fingerprint density at radius 2 is 2.16 bits per heavy atom. The first-order valence-electron chi connectivity index (χ1n) is 5.81. The standard InChI is InChI=1S/C13H15ClN4S/c1-8-11(12(15)19)13(18(2)17-8)16-7-9-5-3-4-6-10(9)14/h3-6,16H,7H2,1-2H3,(H2,15,19). The van der Waals surface area contributed by atoms with Gasteiger partial charge in [-0.05, 0) is 18.6 Å². The fourth-order valence-corrected chi connectivity index (χ4v) is 2.42. The number of halogens is 1. The molecular formula is C13H15ClN4S. The molecule has 0 aliphatic heterocycles. The molecule has 0 aliphatic carbocycles. The van der Waals surface area contributed by atoms with Gasteiger partial charge in [-0.15, -0.1) is 0 Å². The summed E-state index contributed by atoms with van der Waals surface area (Å²) < 4.78 is 1.74. The highest BCUT2D eigenvalue weighted by Gasteiger charge is 2.15. The highest BCUT2D eigenvalue weighted by Crippen LogP contribution is 2.21. The molecule has 4 nitrogen and oxygen atoms in total. The van der Waals surface area contributed by atoms with Crippen LogP contribution in [0.25, 0.3) is 0 Å². The van der Waals surface area contributed by atoms with Gasteiger partial charge in [-0.3, -0.25) is 4.68 Å².